The summed E-state index contributed by atoms with van der Waals surface area (Å²) in [4.78, 5) is 52.9. The van der Waals surface area contributed by atoms with Gasteiger partial charge in [-0.3, -0.25) is 14.4 Å². The molecule has 2 unspecified atom stereocenters. The summed E-state index contributed by atoms with van der Waals surface area (Å²) in [6, 6.07) is 2.95. The lowest BCUT2D eigenvalue weighted by atomic mass is 9.90. The van der Waals surface area contributed by atoms with Crippen LogP contribution in [0.25, 0.3) is 0 Å². The van der Waals surface area contributed by atoms with Crippen LogP contribution in [0.5, 0.6) is 0 Å². The smallest absolute Gasteiger partial charge is 0.408 e. The summed E-state index contributed by atoms with van der Waals surface area (Å²) >= 11 is 0. The van der Waals surface area contributed by atoms with E-state index in [1.54, 1.807) is 40.7 Å². The van der Waals surface area contributed by atoms with E-state index in [1.165, 1.54) is 12.0 Å². The number of hydrogen-bond acceptors (Lipinski definition) is 7. The molecule has 0 bridgehead atoms. The van der Waals surface area contributed by atoms with Gasteiger partial charge in [-0.25, -0.2) is 4.79 Å². The number of ether oxygens (including phenoxy) is 2. The highest BCUT2D eigenvalue weighted by atomic mass is 16.6. The Morgan fingerprint density at radius 3 is 2.17 bits per heavy atom. The van der Waals surface area contributed by atoms with E-state index in [0.29, 0.717) is 12.0 Å². The Hall–Kier alpha value is -3.14. The number of hydrogen-bond donors (Lipinski definition) is 3. The third-order valence-electron chi connectivity index (χ3n) is 5.79. The molecule has 2 atom stereocenters. The van der Waals surface area contributed by atoms with Crippen molar-refractivity contribution in [2.24, 2.45) is 0 Å². The van der Waals surface area contributed by atoms with Crippen molar-refractivity contribution in [3.8, 4) is 0 Å². The minimum Gasteiger partial charge on any atom is -0.468 e. The van der Waals surface area contributed by atoms with E-state index in [4.69, 9.17) is 4.74 Å². The Bertz CT molecular complexity index is 953. The highest BCUT2D eigenvalue weighted by Crippen LogP contribution is 2.34. The zero-order valence-electron chi connectivity index (χ0n) is 22.9. The van der Waals surface area contributed by atoms with Crippen LogP contribution >= 0.6 is 0 Å². The molecular weight excluding hydrogens is 466 g/mol. The minimum atomic E-state index is -1.37. The average Bonchev–Trinajstić information content (AvgIpc) is 2.77. The summed E-state index contributed by atoms with van der Waals surface area (Å²) in [6.45, 7) is 13.1. The monoisotopic (exact) mass is 507 g/mol. The number of alkyl carbamates (subject to hydrolysis) is 1. The molecule has 10 nitrogen and oxygen atoms in total. The number of carbonyl (C=O) groups excluding carboxylic acids is 4. The molecule has 0 heterocycles. The van der Waals surface area contributed by atoms with Crippen molar-refractivity contribution in [2.45, 2.75) is 85.0 Å². The maximum atomic E-state index is 13.9. The predicted octanol–water partition coefficient (Wildman–Crippen LogP) is 2.54. The van der Waals surface area contributed by atoms with Crippen LogP contribution in [0.2, 0.25) is 0 Å². The Morgan fingerprint density at radius 1 is 1.08 bits per heavy atom. The van der Waals surface area contributed by atoms with Gasteiger partial charge in [-0.05, 0) is 66.0 Å². The standard InChI is InChI=1S/C26H41N3O7/c1-10-26(7,8)29(23(33)19(15-30)28-24(34)36-25(4,5)6)21(22(32)27-14-20(31)35-9)18-12-11-16(2)13-17(18)3/h11-13,19,21,30H,10,14-15H2,1-9H3,(H,27,32)(H,28,34). The Morgan fingerprint density at radius 2 is 1.69 bits per heavy atom. The van der Waals surface area contributed by atoms with Crippen molar-refractivity contribution in [3.05, 3.63) is 34.9 Å². The summed E-state index contributed by atoms with van der Waals surface area (Å²) < 4.78 is 9.88. The number of amides is 3. The molecule has 0 aromatic heterocycles. The lowest BCUT2D eigenvalue weighted by molar-refractivity contribution is -0.150. The Kier molecular flexibility index (Phi) is 10.9. The van der Waals surface area contributed by atoms with Crippen molar-refractivity contribution in [1.29, 1.82) is 0 Å². The molecule has 202 valence electrons. The van der Waals surface area contributed by atoms with Crippen molar-refractivity contribution < 1.29 is 33.8 Å². The first-order valence-electron chi connectivity index (χ1n) is 11.9. The van der Waals surface area contributed by atoms with Crippen LogP contribution in [0, 0.1) is 13.8 Å². The van der Waals surface area contributed by atoms with Gasteiger partial charge in [0.05, 0.1) is 13.7 Å². The van der Waals surface area contributed by atoms with Gasteiger partial charge in [-0.2, -0.15) is 0 Å². The summed E-state index contributed by atoms with van der Waals surface area (Å²) in [5, 5.41) is 15.0. The van der Waals surface area contributed by atoms with Crippen molar-refractivity contribution in [1.82, 2.24) is 15.5 Å². The SMILES string of the molecule is CCC(C)(C)N(C(=O)C(CO)NC(=O)OC(C)(C)C)C(C(=O)NCC(=O)OC)c1ccc(C)cc1C. The zero-order chi connectivity index (χ0) is 27.8. The van der Waals surface area contributed by atoms with E-state index in [-0.39, 0.29) is 6.54 Å². The molecule has 10 heteroatoms. The van der Waals surface area contributed by atoms with Gasteiger partial charge in [0.2, 0.25) is 11.8 Å². The second-order valence-corrected chi connectivity index (χ2v) is 10.3. The fourth-order valence-electron chi connectivity index (χ4n) is 3.61. The molecule has 0 radical (unpaired) electrons. The zero-order valence-corrected chi connectivity index (χ0v) is 22.9. The van der Waals surface area contributed by atoms with Gasteiger partial charge in [-0.1, -0.05) is 30.7 Å². The first-order chi connectivity index (χ1) is 16.6. The predicted molar refractivity (Wildman–Crippen MR) is 135 cm³/mol. The maximum Gasteiger partial charge on any atom is 0.408 e. The van der Waals surface area contributed by atoms with Crippen LogP contribution in [0.15, 0.2) is 18.2 Å². The molecule has 0 spiro atoms. The van der Waals surface area contributed by atoms with E-state index >= 15 is 0 Å². The second-order valence-electron chi connectivity index (χ2n) is 10.3. The summed E-state index contributed by atoms with van der Waals surface area (Å²) in [5.41, 5.74) is 0.582. The first-order valence-corrected chi connectivity index (χ1v) is 11.9. The third kappa shape index (κ3) is 8.51. The lowest BCUT2D eigenvalue weighted by Crippen LogP contribution is -2.60. The van der Waals surface area contributed by atoms with Gasteiger partial charge < -0.3 is 30.1 Å². The second kappa shape index (κ2) is 12.7. The Balaban J connectivity index is 3.60. The number of rotatable bonds is 10. The van der Waals surface area contributed by atoms with Gasteiger partial charge in [0.25, 0.3) is 0 Å². The fraction of sp³-hybridized carbons (Fsp3) is 0.615. The van der Waals surface area contributed by atoms with Crippen LogP contribution in [-0.4, -0.2) is 71.3 Å². The molecule has 0 aliphatic heterocycles. The van der Waals surface area contributed by atoms with Crippen molar-refractivity contribution in [2.75, 3.05) is 20.3 Å². The highest BCUT2D eigenvalue weighted by molar-refractivity contribution is 5.94. The molecule has 1 aromatic rings. The number of methoxy groups -OCH3 is 1. The number of carbonyl (C=O) groups is 4. The number of benzene rings is 1. The number of esters is 1. The molecule has 36 heavy (non-hydrogen) atoms. The molecule has 0 aliphatic carbocycles. The van der Waals surface area contributed by atoms with E-state index in [2.05, 4.69) is 15.4 Å². The number of nitrogens with zero attached hydrogens (tertiary/aromatic N) is 1. The molecule has 1 aromatic carbocycles. The van der Waals surface area contributed by atoms with Gasteiger partial charge in [0, 0.05) is 5.54 Å². The topological polar surface area (TPSA) is 134 Å². The van der Waals surface area contributed by atoms with Crippen molar-refractivity contribution in [3.63, 3.8) is 0 Å². The van der Waals surface area contributed by atoms with E-state index in [9.17, 15) is 24.3 Å². The Labute approximate surface area is 213 Å². The molecule has 1 rings (SSSR count). The summed E-state index contributed by atoms with van der Waals surface area (Å²) in [7, 11) is 1.21. The first kappa shape index (κ1) is 30.9. The quantitative estimate of drug-likeness (QED) is 0.414. The molecule has 3 amide bonds. The number of aliphatic hydroxyl groups is 1. The molecular formula is C26H41N3O7. The van der Waals surface area contributed by atoms with E-state index in [0.717, 1.165) is 11.1 Å². The molecule has 0 saturated heterocycles. The number of aliphatic hydroxyl groups excluding tert-OH is 1. The van der Waals surface area contributed by atoms with Crippen molar-refractivity contribution >= 4 is 23.9 Å². The molecule has 0 saturated carbocycles. The highest BCUT2D eigenvalue weighted by Gasteiger charge is 2.43. The van der Waals surface area contributed by atoms with Crippen LogP contribution in [0.4, 0.5) is 4.79 Å². The summed E-state index contributed by atoms with van der Waals surface area (Å²) in [5.74, 6) is -1.92. The molecule has 3 N–H and O–H groups in total. The maximum absolute atomic E-state index is 13.9. The molecule has 0 fully saturated rings. The third-order valence-corrected chi connectivity index (χ3v) is 5.79. The normalized spacial score (nSPS) is 13.3. The largest absolute Gasteiger partial charge is 0.468 e. The van der Waals surface area contributed by atoms with Gasteiger partial charge in [-0.15, -0.1) is 0 Å². The minimum absolute atomic E-state index is 0.384. The van der Waals surface area contributed by atoms with E-state index in [1.807, 2.05) is 32.9 Å². The van der Waals surface area contributed by atoms with Gasteiger partial charge >= 0.3 is 12.1 Å². The van der Waals surface area contributed by atoms with E-state index < -0.39 is 53.7 Å². The van der Waals surface area contributed by atoms with Crippen LogP contribution in [0.1, 0.15) is 70.7 Å². The molecule has 0 aliphatic rings. The number of nitrogens with one attached hydrogen (secondary N) is 2. The van der Waals surface area contributed by atoms with Gasteiger partial charge in [0.1, 0.15) is 24.2 Å². The van der Waals surface area contributed by atoms with Gasteiger partial charge in [0.15, 0.2) is 0 Å². The fourth-order valence-corrected chi connectivity index (χ4v) is 3.61. The van der Waals surface area contributed by atoms with Crippen LogP contribution in [0.3, 0.4) is 0 Å². The lowest BCUT2D eigenvalue weighted by Gasteiger charge is -2.44. The average molecular weight is 508 g/mol. The summed E-state index contributed by atoms with van der Waals surface area (Å²) in [6.07, 6.45) is -0.419. The van der Waals surface area contributed by atoms with Crippen LogP contribution < -0.4 is 10.6 Å². The number of aryl methyl sites for hydroxylation is 2. The van der Waals surface area contributed by atoms with Crippen LogP contribution in [-0.2, 0) is 23.9 Å².